The van der Waals surface area contributed by atoms with Gasteiger partial charge in [0.2, 0.25) is 0 Å². The lowest BCUT2D eigenvalue weighted by atomic mass is 9.89. The molecule has 0 spiro atoms. The first kappa shape index (κ1) is 20.0. The normalized spacial score (nSPS) is 19.7. The van der Waals surface area contributed by atoms with Crippen LogP contribution < -0.4 is 9.64 Å². The lowest BCUT2D eigenvalue weighted by molar-refractivity contribution is -0.120. The molecule has 0 saturated carbocycles. The number of carbonyl (C=O) groups is 1. The zero-order chi connectivity index (χ0) is 22.7. The molecule has 4 aromatic rings. The van der Waals surface area contributed by atoms with Crippen molar-refractivity contribution < 1.29 is 9.53 Å². The van der Waals surface area contributed by atoms with Gasteiger partial charge in [0.15, 0.2) is 5.11 Å². The number of aromatic amines is 1. The summed E-state index contributed by atoms with van der Waals surface area (Å²) in [5.41, 5.74) is 6.39. The van der Waals surface area contributed by atoms with Gasteiger partial charge in [-0.1, -0.05) is 48.0 Å². The molecule has 3 aromatic carbocycles. The number of aromatic nitrogens is 1. The highest BCUT2D eigenvalue weighted by atomic mass is 32.1. The van der Waals surface area contributed by atoms with Gasteiger partial charge < -0.3 is 14.6 Å². The van der Waals surface area contributed by atoms with Gasteiger partial charge in [-0.15, -0.1) is 0 Å². The van der Waals surface area contributed by atoms with Gasteiger partial charge in [0.1, 0.15) is 11.8 Å². The molecule has 2 aliphatic rings. The SMILES string of the molecule is COc1ccc(C2c3[nH]c4ccccc4c3CC3C(=O)N(c4ccc(C)cc4)C(=S)N32)cc1. The van der Waals surface area contributed by atoms with Crippen LogP contribution in [-0.2, 0) is 11.2 Å². The van der Waals surface area contributed by atoms with E-state index in [9.17, 15) is 4.79 Å². The first-order chi connectivity index (χ1) is 16.1. The number of anilines is 1. The topological polar surface area (TPSA) is 48.6 Å². The van der Waals surface area contributed by atoms with Gasteiger partial charge in [-0.25, -0.2) is 0 Å². The molecule has 1 aromatic heterocycles. The number of ether oxygens (including phenoxy) is 1. The van der Waals surface area contributed by atoms with Gasteiger partial charge in [0.05, 0.1) is 18.8 Å². The number of amides is 1. The van der Waals surface area contributed by atoms with E-state index >= 15 is 0 Å². The zero-order valence-corrected chi connectivity index (χ0v) is 19.2. The monoisotopic (exact) mass is 453 g/mol. The molecule has 1 saturated heterocycles. The van der Waals surface area contributed by atoms with Gasteiger partial charge in [-0.05, 0) is 60.6 Å². The maximum atomic E-state index is 13.7. The molecular formula is C27H23N3O2S. The summed E-state index contributed by atoms with van der Waals surface area (Å²) in [4.78, 5) is 21.2. The van der Waals surface area contributed by atoms with Crippen LogP contribution >= 0.6 is 12.2 Å². The molecule has 1 N–H and O–H groups in total. The molecule has 6 rings (SSSR count). The number of carbonyl (C=O) groups excluding carboxylic acids is 1. The Balaban J connectivity index is 1.53. The third-order valence-corrected chi connectivity index (χ3v) is 7.17. The molecule has 33 heavy (non-hydrogen) atoms. The summed E-state index contributed by atoms with van der Waals surface area (Å²) in [7, 11) is 1.66. The van der Waals surface area contributed by atoms with Crippen LogP contribution in [0.1, 0.15) is 28.4 Å². The average Bonchev–Trinajstić information content (AvgIpc) is 3.33. The van der Waals surface area contributed by atoms with E-state index in [1.54, 1.807) is 12.0 Å². The molecule has 1 amide bonds. The second-order valence-electron chi connectivity index (χ2n) is 8.66. The first-order valence-electron chi connectivity index (χ1n) is 11.0. The Morgan fingerprint density at radius 3 is 2.45 bits per heavy atom. The van der Waals surface area contributed by atoms with Crippen LogP contribution in [0.15, 0.2) is 72.8 Å². The molecule has 2 atom stereocenters. The molecule has 5 nitrogen and oxygen atoms in total. The van der Waals surface area contributed by atoms with E-state index in [4.69, 9.17) is 17.0 Å². The Bertz CT molecular complexity index is 1390. The second kappa shape index (κ2) is 7.46. The minimum absolute atomic E-state index is 0.0262. The predicted molar refractivity (Wildman–Crippen MR) is 134 cm³/mol. The molecule has 3 heterocycles. The van der Waals surface area contributed by atoms with Crippen LogP contribution in [0.2, 0.25) is 0 Å². The minimum atomic E-state index is -0.349. The Morgan fingerprint density at radius 2 is 1.73 bits per heavy atom. The molecule has 0 aliphatic carbocycles. The molecule has 2 aliphatic heterocycles. The van der Waals surface area contributed by atoms with Gasteiger partial charge in [0, 0.05) is 23.0 Å². The lowest BCUT2D eigenvalue weighted by Crippen LogP contribution is -2.44. The number of nitrogens with one attached hydrogen (secondary N) is 1. The van der Waals surface area contributed by atoms with Gasteiger partial charge in [0.25, 0.3) is 5.91 Å². The molecule has 164 valence electrons. The van der Waals surface area contributed by atoms with E-state index in [0.29, 0.717) is 11.5 Å². The van der Waals surface area contributed by atoms with Crippen molar-refractivity contribution >= 4 is 39.8 Å². The Labute approximate surface area is 197 Å². The first-order valence-corrected chi connectivity index (χ1v) is 11.4. The summed E-state index contributed by atoms with van der Waals surface area (Å²) in [6, 6.07) is 23.7. The Hall–Kier alpha value is -3.64. The van der Waals surface area contributed by atoms with Gasteiger partial charge in [-0.3, -0.25) is 9.69 Å². The number of thiocarbonyl (C=S) groups is 1. The van der Waals surface area contributed by atoms with Crippen molar-refractivity contribution in [1.82, 2.24) is 9.88 Å². The third-order valence-electron chi connectivity index (χ3n) is 6.77. The number of benzene rings is 3. The zero-order valence-electron chi connectivity index (χ0n) is 18.4. The van der Waals surface area contributed by atoms with Crippen LogP contribution in [0.5, 0.6) is 5.75 Å². The number of fused-ring (bicyclic) bond motifs is 4. The number of methoxy groups -OCH3 is 1. The third kappa shape index (κ3) is 2.98. The fourth-order valence-electron chi connectivity index (χ4n) is 5.14. The van der Waals surface area contributed by atoms with Crippen molar-refractivity contribution in [2.24, 2.45) is 0 Å². The standard InChI is InChI=1S/C27H23N3O2S/c1-16-7-11-18(12-8-16)29-26(31)23-15-21-20-5-3-4-6-22(20)28-24(21)25(30(23)27(29)33)17-9-13-19(32-2)14-10-17/h3-14,23,25,28H,15H2,1-2H3. The summed E-state index contributed by atoms with van der Waals surface area (Å²) in [5.74, 6) is 0.822. The molecule has 6 heteroatoms. The highest BCUT2D eigenvalue weighted by Crippen LogP contribution is 2.45. The lowest BCUT2D eigenvalue weighted by Gasteiger charge is -2.37. The number of hydrogen-bond donors (Lipinski definition) is 1. The number of aryl methyl sites for hydroxylation is 1. The predicted octanol–water partition coefficient (Wildman–Crippen LogP) is 5.13. The fourth-order valence-corrected chi connectivity index (χ4v) is 5.57. The maximum Gasteiger partial charge on any atom is 0.256 e. The number of nitrogens with zero attached hydrogens (tertiary/aromatic N) is 2. The van der Waals surface area contributed by atoms with E-state index in [-0.39, 0.29) is 18.0 Å². The number of rotatable bonds is 3. The molecule has 1 fully saturated rings. The van der Waals surface area contributed by atoms with Crippen LogP contribution in [-0.4, -0.2) is 34.1 Å². The smallest absolute Gasteiger partial charge is 0.256 e. The number of hydrogen-bond acceptors (Lipinski definition) is 3. The van der Waals surface area contributed by atoms with Crippen molar-refractivity contribution in [2.45, 2.75) is 25.4 Å². The summed E-state index contributed by atoms with van der Waals surface area (Å²) in [6.45, 7) is 2.04. The van der Waals surface area contributed by atoms with E-state index in [1.807, 2.05) is 55.5 Å². The number of para-hydroxylation sites is 1. The van der Waals surface area contributed by atoms with Crippen LogP contribution in [0, 0.1) is 6.92 Å². The molecule has 0 bridgehead atoms. The minimum Gasteiger partial charge on any atom is -0.497 e. The summed E-state index contributed by atoms with van der Waals surface area (Å²) < 4.78 is 5.37. The Kier molecular flexibility index (Phi) is 4.52. The highest BCUT2D eigenvalue weighted by Gasteiger charge is 2.50. The van der Waals surface area contributed by atoms with Crippen molar-refractivity contribution in [3.05, 3.63) is 95.2 Å². The summed E-state index contributed by atoms with van der Waals surface area (Å²) in [5, 5.41) is 1.71. The second-order valence-corrected chi connectivity index (χ2v) is 9.02. The quantitative estimate of drug-likeness (QED) is 0.437. The van der Waals surface area contributed by atoms with Crippen molar-refractivity contribution in [3.8, 4) is 5.75 Å². The van der Waals surface area contributed by atoms with Crippen LogP contribution in [0.25, 0.3) is 10.9 Å². The van der Waals surface area contributed by atoms with E-state index < -0.39 is 0 Å². The molecule has 0 radical (unpaired) electrons. The van der Waals surface area contributed by atoms with Crippen molar-refractivity contribution in [1.29, 1.82) is 0 Å². The Morgan fingerprint density at radius 1 is 1.00 bits per heavy atom. The average molecular weight is 454 g/mol. The van der Waals surface area contributed by atoms with E-state index in [1.165, 1.54) is 5.56 Å². The largest absolute Gasteiger partial charge is 0.497 e. The highest BCUT2D eigenvalue weighted by molar-refractivity contribution is 7.80. The van der Waals surface area contributed by atoms with E-state index in [2.05, 4.69) is 34.1 Å². The van der Waals surface area contributed by atoms with Gasteiger partial charge >= 0.3 is 0 Å². The molecular weight excluding hydrogens is 430 g/mol. The van der Waals surface area contributed by atoms with Crippen molar-refractivity contribution in [2.75, 3.05) is 12.0 Å². The van der Waals surface area contributed by atoms with Crippen LogP contribution in [0.4, 0.5) is 5.69 Å². The van der Waals surface area contributed by atoms with Crippen molar-refractivity contribution in [3.63, 3.8) is 0 Å². The summed E-state index contributed by atoms with van der Waals surface area (Å²) in [6.07, 6.45) is 0.618. The molecule has 2 unspecified atom stereocenters. The fraction of sp³-hybridized carbons (Fsp3) is 0.185. The maximum absolute atomic E-state index is 13.7. The van der Waals surface area contributed by atoms with Crippen LogP contribution in [0.3, 0.4) is 0 Å². The van der Waals surface area contributed by atoms with E-state index in [0.717, 1.165) is 39.2 Å². The summed E-state index contributed by atoms with van der Waals surface area (Å²) >= 11 is 5.96. The van der Waals surface area contributed by atoms with Gasteiger partial charge in [-0.2, -0.15) is 0 Å². The number of H-pyrrole nitrogens is 1.